The van der Waals surface area contributed by atoms with E-state index >= 15 is 0 Å². The minimum atomic E-state index is -3.56. The van der Waals surface area contributed by atoms with Crippen LogP contribution >= 0.6 is 34.7 Å². The molecule has 8 heteroatoms. The fourth-order valence-electron chi connectivity index (χ4n) is 1.17. The lowest BCUT2D eigenvalue weighted by molar-refractivity contribution is 0.600. The van der Waals surface area contributed by atoms with Crippen LogP contribution in [-0.2, 0) is 10.0 Å². The number of hydrogen-bond acceptors (Lipinski definition) is 5. The van der Waals surface area contributed by atoms with Gasteiger partial charge in [-0.2, -0.15) is 8.42 Å². The Hall–Kier alpha value is -0.240. The van der Waals surface area contributed by atoms with E-state index < -0.39 is 10.0 Å². The Bertz CT molecular complexity index is 535. The zero-order valence-electron chi connectivity index (χ0n) is 8.36. The maximum Gasteiger partial charge on any atom is 0.296 e. The normalized spacial score (nSPS) is 17.5. The third kappa shape index (κ3) is 2.37. The van der Waals surface area contributed by atoms with E-state index in [0.29, 0.717) is 15.2 Å². The van der Waals surface area contributed by atoms with Crippen molar-refractivity contribution >= 4 is 55.6 Å². The third-order valence-electron chi connectivity index (χ3n) is 1.79. The van der Waals surface area contributed by atoms with Gasteiger partial charge in [-0.25, -0.2) is 0 Å². The van der Waals surface area contributed by atoms with Crippen molar-refractivity contribution in [1.29, 1.82) is 0 Å². The summed E-state index contributed by atoms with van der Waals surface area (Å²) in [6, 6.07) is 1.61. The molecule has 88 valence electrons. The molecule has 0 fully saturated rings. The molecule has 1 aromatic heterocycles. The van der Waals surface area contributed by atoms with E-state index in [1.54, 1.807) is 6.07 Å². The van der Waals surface area contributed by atoms with Crippen LogP contribution in [-0.4, -0.2) is 19.3 Å². The minimum absolute atomic E-state index is 0.193. The molecule has 4 nitrogen and oxygen atoms in total. The maximum atomic E-state index is 11.8. The lowest BCUT2D eigenvalue weighted by Crippen LogP contribution is -2.17. The summed E-state index contributed by atoms with van der Waals surface area (Å²) in [5.41, 5.74) is 0.531. The van der Waals surface area contributed by atoms with Gasteiger partial charge in [-0.1, -0.05) is 30.3 Å². The second-order valence-corrected chi connectivity index (χ2v) is 7.66. The highest BCUT2D eigenvalue weighted by molar-refractivity contribution is 8.14. The first-order valence-corrected chi connectivity index (χ1v) is 8.19. The van der Waals surface area contributed by atoms with Crippen LogP contribution in [0.15, 0.2) is 14.7 Å². The first-order chi connectivity index (χ1) is 7.53. The molecule has 0 aromatic carbocycles. The van der Waals surface area contributed by atoms with Crippen molar-refractivity contribution in [2.75, 3.05) is 11.1 Å². The topological polar surface area (TPSA) is 58.5 Å². The molecular weight excluding hydrogens is 288 g/mol. The molecule has 0 aliphatic carbocycles. The second kappa shape index (κ2) is 4.56. The fraction of sp³-hybridized carbons (Fsp3) is 0.375. The summed E-state index contributed by atoms with van der Waals surface area (Å²) in [5, 5.41) is 3.39. The molecule has 1 aromatic rings. The summed E-state index contributed by atoms with van der Waals surface area (Å²) >= 11 is 8.20. The van der Waals surface area contributed by atoms with Gasteiger partial charge >= 0.3 is 0 Å². The van der Waals surface area contributed by atoms with E-state index in [4.69, 9.17) is 11.6 Å². The Kier molecular flexibility index (Phi) is 3.48. The van der Waals surface area contributed by atoms with E-state index in [2.05, 4.69) is 9.71 Å². The number of halogens is 1. The van der Waals surface area contributed by atoms with E-state index in [1.807, 2.05) is 6.92 Å². The number of nitrogens with one attached hydrogen (secondary N) is 1. The highest BCUT2D eigenvalue weighted by atomic mass is 35.5. The summed E-state index contributed by atoms with van der Waals surface area (Å²) in [6.07, 6.45) is 0.961. The molecule has 2 rings (SSSR count). The van der Waals surface area contributed by atoms with E-state index in [0.717, 1.165) is 23.5 Å². The number of sulfonamides is 1. The van der Waals surface area contributed by atoms with E-state index in [1.165, 1.54) is 11.8 Å². The summed E-state index contributed by atoms with van der Waals surface area (Å²) in [7, 11) is -3.56. The summed E-state index contributed by atoms with van der Waals surface area (Å²) in [5.74, 6) is 0.828. The van der Waals surface area contributed by atoms with Crippen LogP contribution < -0.4 is 5.32 Å². The van der Waals surface area contributed by atoms with Crippen molar-refractivity contribution in [3.05, 3.63) is 10.4 Å². The van der Waals surface area contributed by atoms with Crippen LogP contribution in [0.2, 0.25) is 4.34 Å². The van der Waals surface area contributed by atoms with Crippen molar-refractivity contribution in [2.45, 2.75) is 17.6 Å². The van der Waals surface area contributed by atoms with Gasteiger partial charge in [0.25, 0.3) is 10.0 Å². The summed E-state index contributed by atoms with van der Waals surface area (Å²) < 4.78 is 27.9. The monoisotopic (exact) mass is 296 g/mol. The maximum absolute atomic E-state index is 11.8. The average molecular weight is 297 g/mol. The lowest BCUT2D eigenvalue weighted by Gasteiger charge is -2.13. The van der Waals surface area contributed by atoms with Crippen molar-refractivity contribution < 1.29 is 8.42 Å². The van der Waals surface area contributed by atoms with Crippen LogP contribution in [0, 0.1) is 0 Å². The van der Waals surface area contributed by atoms with E-state index in [-0.39, 0.29) is 4.21 Å². The Morgan fingerprint density at radius 1 is 1.62 bits per heavy atom. The summed E-state index contributed by atoms with van der Waals surface area (Å²) in [6.45, 7) is 2.03. The molecule has 0 radical (unpaired) electrons. The number of hydrogen-bond donors (Lipinski definition) is 1. The first-order valence-electron chi connectivity index (χ1n) is 4.57. The minimum Gasteiger partial charge on any atom is -0.332 e. The fourth-order valence-corrected chi connectivity index (χ4v) is 4.85. The number of thioether (sulfide) groups is 1. The SMILES string of the molecule is CCCSC1=NS(=O)(=O)c2sc(Cl)cc2N1. The van der Waals surface area contributed by atoms with Crippen molar-refractivity contribution in [3.8, 4) is 0 Å². The lowest BCUT2D eigenvalue weighted by atomic mass is 10.5. The Morgan fingerprint density at radius 2 is 2.38 bits per heavy atom. The van der Waals surface area contributed by atoms with Crippen LogP contribution in [0.1, 0.15) is 13.3 Å². The molecule has 0 amide bonds. The highest BCUT2D eigenvalue weighted by Crippen LogP contribution is 2.38. The highest BCUT2D eigenvalue weighted by Gasteiger charge is 2.27. The molecule has 0 unspecified atom stereocenters. The molecule has 2 heterocycles. The largest absolute Gasteiger partial charge is 0.332 e. The van der Waals surface area contributed by atoms with Gasteiger partial charge in [0.1, 0.15) is 0 Å². The molecule has 1 N–H and O–H groups in total. The number of rotatable bonds is 2. The van der Waals surface area contributed by atoms with E-state index in [9.17, 15) is 8.42 Å². The van der Waals surface area contributed by atoms with Gasteiger partial charge in [0.05, 0.1) is 10.0 Å². The van der Waals surface area contributed by atoms with Crippen LogP contribution in [0.5, 0.6) is 0 Å². The quantitative estimate of drug-likeness (QED) is 0.911. The molecule has 0 spiro atoms. The van der Waals surface area contributed by atoms with Gasteiger partial charge in [-0.05, 0) is 12.5 Å². The van der Waals surface area contributed by atoms with Gasteiger partial charge in [-0.15, -0.1) is 15.7 Å². The molecule has 0 saturated heterocycles. The van der Waals surface area contributed by atoms with Crippen LogP contribution in [0.4, 0.5) is 5.69 Å². The molecule has 16 heavy (non-hydrogen) atoms. The standard InChI is InChI=1S/C8H9ClN2O2S3/c1-2-3-14-8-10-5-4-6(9)15-7(5)16(12,13)11-8/h4H,2-3H2,1H3,(H,10,11). The van der Waals surface area contributed by atoms with Crippen molar-refractivity contribution in [1.82, 2.24) is 0 Å². The number of fused-ring (bicyclic) bond motifs is 1. The molecule has 0 saturated carbocycles. The second-order valence-electron chi connectivity index (χ2n) is 3.10. The smallest absolute Gasteiger partial charge is 0.296 e. The molecular formula is C8H9ClN2O2S3. The van der Waals surface area contributed by atoms with Gasteiger partial charge in [-0.3, -0.25) is 0 Å². The van der Waals surface area contributed by atoms with Gasteiger partial charge in [0.2, 0.25) is 0 Å². The first kappa shape index (κ1) is 12.2. The molecule has 0 atom stereocenters. The van der Waals surface area contributed by atoms with Gasteiger partial charge < -0.3 is 5.32 Å². The van der Waals surface area contributed by atoms with Crippen molar-refractivity contribution in [2.24, 2.45) is 4.40 Å². The Labute approximate surface area is 107 Å². The van der Waals surface area contributed by atoms with Gasteiger partial charge in [0, 0.05) is 5.75 Å². The van der Waals surface area contributed by atoms with Crippen molar-refractivity contribution in [3.63, 3.8) is 0 Å². The number of anilines is 1. The van der Waals surface area contributed by atoms with Crippen LogP contribution in [0.3, 0.4) is 0 Å². The number of thiophene rings is 1. The molecule has 1 aliphatic heterocycles. The van der Waals surface area contributed by atoms with Crippen LogP contribution in [0.25, 0.3) is 0 Å². The Morgan fingerprint density at radius 3 is 3.06 bits per heavy atom. The number of nitrogens with zero attached hydrogens (tertiary/aromatic N) is 1. The Balaban J connectivity index is 2.35. The predicted molar refractivity (Wildman–Crippen MR) is 70.3 cm³/mol. The van der Waals surface area contributed by atoms with Gasteiger partial charge in [0.15, 0.2) is 9.38 Å². The summed E-state index contributed by atoms with van der Waals surface area (Å²) in [4.78, 5) is 0. The third-order valence-corrected chi connectivity index (χ3v) is 6.04. The zero-order valence-corrected chi connectivity index (χ0v) is 11.6. The zero-order chi connectivity index (χ0) is 11.8. The molecule has 0 bridgehead atoms. The average Bonchev–Trinajstić information content (AvgIpc) is 2.56. The number of amidine groups is 1. The molecule has 1 aliphatic rings. The predicted octanol–water partition coefficient (Wildman–Crippen LogP) is 3.01.